The Balaban J connectivity index is 2.89. The highest BCUT2D eigenvalue weighted by atomic mass is 16.2. The van der Waals surface area contributed by atoms with E-state index < -0.39 is 0 Å². The molecule has 0 bridgehead atoms. The van der Waals surface area contributed by atoms with Gasteiger partial charge in [0.2, 0.25) is 0 Å². The highest BCUT2D eigenvalue weighted by Gasteiger charge is 1.81. The van der Waals surface area contributed by atoms with Crippen molar-refractivity contribution in [2.45, 2.75) is 25.7 Å². The summed E-state index contributed by atoms with van der Waals surface area (Å²) in [6.07, 6.45) is 10.3. The molecule has 0 aromatic rings. The number of hydrogen-bond acceptors (Lipinski definition) is 1. The Morgan fingerprint density at radius 1 is 1.10 bits per heavy atom. The maximum Gasteiger partial charge on any atom is 0.0612 e. The van der Waals surface area contributed by atoms with Crippen LogP contribution < -0.4 is 0 Å². The van der Waals surface area contributed by atoms with Crippen LogP contribution >= 0.6 is 0 Å². The molecule has 0 spiro atoms. The van der Waals surface area contributed by atoms with Crippen LogP contribution in [0.2, 0.25) is 0 Å². The molecule has 10 heavy (non-hydrogen) atoms. The third kappa shape index (κ3) is 7.44. The van der Waals surface area contributed by atoms with E-state index in [1.54, 1.807) is 6.08 Å². The van der Waals surface area contributed by atoms with Gasteiger partial charge in [-0.25, -0.2) is 0 Å². The first kappa shape index (κ1) is 9.44. The van der Waals surface area contributed by atoms with Crippen LogP contribution in [0.25, 0.3) is 0 Å². The van der Waals surface area contributed by atoms with Gasteiger partial charge in [0.05, 0.1) is 6.61 Å². The van der Waals surface area contributed by atoms with E-state index >= 15 is 0 Å². The van der Waals surface area contributed by atoms with E-state index in [9.17, 15) is 0 Å². The van der Waals surface area contributed by atoms with Gasteiger partial charge in [0, 0.05) is 0 Å². The molecule has 0 saturated heterocycles. The van der Waals surface area contributed by atoms with Crippen molar-refractivity contribution < 1.29 is 5.11 Å². The lowest BCUT2D eigenvalue weighted by Gasteiger charge is -1.90. The zero-order valence-electron chi connectivity index (χ0n) is 6.42. The average molecular weight is 140 g/mol. The molecule has 0 aliphatic heterocycles. The van der Waals surface area contributed by atoms with E-state index in [1.165, 1.54) is 12.8 Å². The van der Waals surface area contributed by atoms with Gasteiger partial charge in [0.25, 0.3) is 0 Å². The molecule has 0 amide bonds. The van der Waals surface area contributed by atoms with Crippen molar-refractivity contribution in [2.75, 3.05) is 6.61 Å². The minimum atomic E-state index is 0.168. The van der Waals surface area contributed by atoms with Gasteiger partial charge < -0.3 is 5.11 Å². The number of rotatable bonds is 6. The van der Waals surface area contributed by atoms with Gasteiger partial charge in [-0.1, -0.05) is 18.2 Å². The van der Waals surface area contributed by atoms with Crippen LogP contribution in [0.3, 0.4) is 0 Å². The van der Waals surface area contributed by atoms with Gasteiger partial charge in [-0.3, -0.25) is 0 Å². The molecule has 0 unspecified atom stereocenters. The number of unbranched alkanes of at least 4 members (excludes halogenated alkanes) is 3. The Bertz CT molecular complexity index is 94.9. The third-order valence-corrected chi connectivity index (χ3v) is 1.30. The summed E-state index contributed by atoms with van der Waals surface area (Å²) in [5.74, 6) is 0. The zero-order chi connectivity index (χ0) is 7.66. The van der Waals surface area contributed by atoms with Crippen molar-refractivity contribution in [1.82, 2.24) is 0 Å². The first-order chi connectivity index (χ1) is 4.91. The van der Waals surface area contributed by atoms with Crippen LogP contribution in [0.5, 0.6) is 0 Å². The zero-order valence-corrected chi connectivity index (χ0v) is 6.42. The van der Waals surface area contributed by atoms with Crippen LogP contribution in [-0.2, 0) is 0 Å². The summed E-state index contributed by atoms with van der Waals surface area (Å²) in [6.45, 7) is 3.80. The summed E-state index contributed by atoms with van der Waals surface area (Å²) in [7, 11) is 0. The number of allylic oxidation sites excluding steroid dienone is 2. The molecule has 1 nitrogen and oxygen atoms in total. The van der Waals surface area contributed by atoms with E-state index in [0.717, 1.165) is 12.8 Å². The predicted molar refractivity (Wildman–Crippen MR) is 44.9 cm³/mol. The van der Waals surface area contributed by atoms with Crippen molar-refractivity contribution in [1.29, 1.82) is 0 Å². The second-order valence-corrected chi connectivity index (χ2v) is 2.23. The van der Waals surface area contributed by atoms with Crippen molar-refractivity contribution in [2.24, 2.45) is 0 Å². The molecule has 0 heterocycles. The van der Waals surface area contributed by atoms with E-state index in [0.29, 0.717) is 0 Å². The van der Waals surface area contributed by atoms with Gasteiger partial charge in [0.15, 0.2) is 0 Å². The Morgan fingerprint density at radius 2 is 1.80 bits per heavy atom. The van der Waals surface area contributed by atoms with E-state index in [4.69, 9.17) is 5.11 Å². The smallest absolute Gasteiger partial charge is 0.0612 e. The summed E-state index contributed by atoms with van der Waals surface area (Å²) < 4.78 is 0. The molecular weight excluding hydrogens is 124 g/mol. The highest BCUT2D eigenvalue weighted by molar-refractivity contribution is 4.80. The van der Waals surface area contributed by atoms with Crippen molar-refractivity contribution in [3.63, 3.8) is 0 Å². The SMILES string of the molecule is C=CCCCCC=CCO. The van der Waals surface area contributed by atoms with Crippen LogP contribution in [0, 0.1) is 0 Å². The quantitative estimate of drug-likeness (QED) is 0.443. The van der Waals surface area contributed by atoms with Crippen molar-refractivity contribution >= 4 is 0 Å². The maximum absolute atomic E-state index is 8.37. The van der Waals surface area contributed by atoms with Crippen molar-refractivity contribution in [3.8, 4) is 0 Å². The standard InChI is InChI=1S/C9H16O/c1-2-3-4-5-6-7-8-9-10/h2,7-8,10H,1,3-6,9H2. The number of hydrogen-bond donors (Lipinski definition) is 1. The predicted octanol–water partition coefficient (Wildman–Crippen LogP) is 2.28. The molecule has 0 aliphatic carbocycles. The molecule has 1 heteroatoms. The molecule has 0 aromatic heterocycles. The minimum Gasteiger partial charge on any atom is -0.392 e. The summed E-state index contributed by atoms with van der Waals surface area (Å²) in [4.78, 5) is 0. The summed E-state index contributed by atoms with van der Waals surface area (Å²) in [5.41, 5.74) is 0. The second kappa shape index (κ2) is 8.44. The van der Waals surface area contributed by atoms with E-state index in [1.807, 2.05) is 12.2 Å². The topological polar surface area (TPSA) is 20.2 Å². The molecule has 58 valence electrons. The fraction of sp³-hybridized carbons (Fsp3) is 0.556. The summed E-state index contributed by atoms with van der Waals surface area (Å²) in [5, 5.41) is 8.37. The van der Waals surface area contributed by atoms with E-state index in [-0.39, 0.29) is 6.61 Å². The fourth-order valence-electron chi connectivity index (χ4n) is 0.743. The first-order valence-corrected chi connectivity index (χ1v) is 3.78. The molecule has 0 atom stereocenters. The summed E-state index contributed by atoms with van der Waals surface area (Å²) >= 11 is 0. The van der Waals surface area contributed by atoms with Gasteiger partial charge in [-0.2, -0.15) is 0 Å². The summed E-state index contributed by atoms with van der Waals surface area (Å²) in [6, 6.07) is 0. The molecular formula is C9H16O. The molecule has 0 aromatic carbocycles. The largest absolute Gasteiger partial charge is 0.392 e. The molecule has 0 radical (unpaired) electrons. The fourth-order valence-corrected chi connectivity index (χ4v) is 0.743. The normalized spacial score (nSPS) is 10.5. The molecule has 0 saturated carbocycles. The first-order valence-electron chi connectivity index (χ1n) is 3.78. The lowest BCUT2D eigenvalue weighted by Crippen LogP contribution is -1.74. The Labute approximate surface area is 63.1 Å². The molecule has 0 fully saturated rings. The Hall–Kier alpha value is -0.560. The van der Waals surface area contributed by atoms with Crippen molar-refractivity contribution in [3.05, 3.63) is 24.8 Å². The van der Waals surface area contributed by atoms with Gasteiger partial charge in [0.1, 0.15) is 0 Å². The highest BCUT2D eigenvalue weighted by Crippen LogP contribution is 2.00. The van der Waals surface area contributed by atoms with Crippen LogP contribution in [0.1, 0.15) is 25.7 Å². The van der Waals surface area contributed by atoms with Crippen LogP contribution in [-0.4, -0.2) is 11.7 Å². The lowest BCUT2D eigenvalue weighted by molar-refractivity contribution is 0.342. The second-order valence-electron chi connectivity index (χ2n) is 2.23. The number of aliphatic hydroxyl groups is 1. The monoisotopic (exact) mass is 140 g/mol. The number of aliphatic hydroxyl groups excluding tert-OH is 1. The molecule has 1 N–H and O–H groups in total. The minimum absolute atomic E-state index is 0.168. The van der Waals surface area contributed by atoms with Gasteiger partial charge in [-0.15, -0.1) is 6.58 Å². The Morgan fingerprint density at radius 3 is 2.40 bits per heavy atom. The van der Waals surface area contributed by atoms with Crippen LogP contribution in [0.15, 0.2) is 24.8 Å². The molecule has 0 aliphatic rings. The van der Waals surface area contributed by atoms with Gasteiger partial charge in [-0.05, 0) is 25.7 Å². The maximum atomic E-state index is 8.37. The average Bonchev–Trinajstić information content (AvgIpc) is 1.97. The van der Waals surface area contributed by atoms with E-state index in [2.05, 4.69) is 6.58 Å². The third-order valence-electron chi connectivity index (χ3n) is 1.30. The lowest BCUT2D eigenvalue weighted by atomic mass is 10.2. The Kier molecular flexibility index (Phi) is 7.97. The van der Waals surface area contributed by atoms with Gasteiger partial charge >= 0.3 is 0 Å². The molecule has 0 rings (SSSR count). The van der Waals surface area contributed by atoms with Crippen LogP contribution in [0.4, 0.5) is 0 Å².